The maximum atomic E-state index is 11.2. The zero-order valence-corrected chi connectivity index (χ0v) is 16.0. The summed E-state index contributed by atoms with van der Waals surface area (Å²) in [5, 5.41) is 0. The Kier molecular flexibility index (Phi) is 5.16. The van der Waals surface area contributed by atoms with Crippen LogP contribution in [0.5, 0.6) is 11.5 Å². The van der Waals surface area contributed by atoms with E-state index in [0.29, 0.717) is 6.61 Å². The van der Waals surface area contributed by atoms with Crippen molar-refractivity contribution in [3.8, 4) is 11.5 Å². The molecular formula is C15H22O5Sn. The number of carbonyl (C=O) groups excluding carboxylic acids is 1. The van der Waals surface area contributed by atoms with Gasteiger partial charge in [0.25, 0.3) is 0 Å². The third-order valence-corrected chi connectivity index (χ3v) is 9.14. The maximum absolute atomic E-state index is 11.2. The van der Waals surface area contributed by atoms with Gasteiger partial charge in [0, 0.05) is 0 Å². The first kappa shape index (κ1) is 16.6. The molecule has 0 fully saturated rings. The molecule has 21 heavy (non-hydrogen) atoms. The molecule has 0 spiro atoms. The van der Waals surface area contributed by atoms with Crippen molar-refractivity contribution in [2.24, 2.45) is 0 Å². The van der Waals surface area contributed by atoms with Gasteiger partial charge in [-0.25, -0.2) is 0 Å². The van der Waals surface area contributed by atoms with E-state index in [-0.39, 0.29) is 6.79 Å². The van der Waals surface area contributed by atoms with E-state index in [1.807, 2.05) is 6.07 Å². The van der Waals surface area contributed by atoms with E-state index in [0.717, 1.165) is 32.5 Å². The molecule has 1 aliphatic rings. The second-order valence-electron chi connectivity index (χ2n) is 6.02. The standard InChI is InChI=1S/C12H13O5.3CH3.Sn/c1-14-7-17-11-4-8(15-2)3-9-10(11)6-16-12(9)5-13;;;;/h3,5,12H,6-7H2,1-2H3;3*1H3;. The average molecular weight is 401 g/mol. The Balaban J connectivity index is 2.66. The SMILES string of the molecule is COCOc1c2c(cc(OC)[c]1[Sn]([CH3])([CH3])[CH3])C(C=O)OC2. The molecule has 1 unspecified atom stereocenters. The van der Waals surface area contributed by atoms with Crippen LogP contribution in [0, 0.1) is 0 Å². The third-order valence-electron chi connectivity index (χ3n) is 3.51. The van der Waals surface area contributed by atoms with E-state index in [2.05, 4.69) is 14.8 Å². The predicted molar refractivity (Wildman–Crippen MR) is 82.1 cm³/mol. The van der Waals surface area contributed by atoms with Crippen LogP contribution in [0.2, 0.25) is 14.8 Å². The molecule has 5 nitrogen and oxygen atoms in total. The zero-order valence-electron chi connectivity index (χ0n) is 13.2. The molecule has 0 aromatic heterocycles. The van der Waals surface area contributed by atoms with Gasteiger partial charge >= 0.3 is 129 Å². The number of benzene rings is 1. The fourth-order valence-corrected chi connectivity index (χ4v) is 7.81. The number of hydrogen-bond acceptors (Lipinski definition) is 5. The molecule has 1 aliphatic heterocycles. The van der Waals surface area contributed by atoms with Crippen molar-refractivity contribution in [1.29, 1.82) is 0 Å². The van der Waals surface area contributed by atoms with Gasteiger partial charge in [0.15, 0.2) is 0 Å². The Labute approximate surface area is 129 Å². The first-order valence-electron chi connectivity index (χ1n) is 6.87. The minimum atomic E-state index is -2.51. The van der Waals surface area contributed by atoms with Crippen molar-refractivity contribution >= 4 is 28.2 Å². The summed E-state index contributed by atoms with van der Waals surface area (Å²) in [7, 11) is 3.24. The molecule has 1 heterocycles. The molecule has 6 heteroatoms. The van der Waals surface area contributed by atoms with E-state index >= 15 is 0 Å². The first-order chi connectivity index (χ1) is 9.93. The van der Waals surface area contributed by atoms with E-state index in [1.165, 1.54) is 0 Å². The molecule has 1 aromatic carbocycles. The zero-order chi connectivity index (χ0) is 15.6. The minimum absolute atomic E-state index is 0.167. The summed E-state index contributed by atoms with van der Waals surface area (Å²) in [6, 6.07) is 1.93. The Hall–Kier alpha value is -0.791. The van der Waals surface area contributed by atoms with Crippen LogP contribution >= 0.6 is 0 Å². The molecule has 0 saturated carbocycles. The van der Waals surface area contributed by atoms with Gasteiger partial charge in [0.1, 0.15) is 0 Å². The van der Waals surface area contributed by atoms with Crippen molar-refractivity contribution in [2.75, 3.05) is 21.0 Å². The molecule has 0 bridgehead atoms. The number of rotatable bonds is 6. The number of aldehydes is 1. The number of methoxy groups -OCH3 is 2. The van der Waals surface area contributed by atoms with Gasteiger partial charge < -0.3 is 0 Å². The van der Waals surface area contributed by atoms with Gasteiger partial charge in [-0.05, 0) is 0 Å². The number of carbonyl (C=O) groups is 1. The van der Waals surface area contributed by atoms with Gasteiger partial charge in [-0.1, -0.05) is 0 Å². The van der Waals surface area contributed by atoms with Crippen LogP contribution in [-0.4, -0.2) is 45.7 Å². The van der Waals surface area contributed by atoms with Crippen LogP contribution in [0.25, 0.3) is 0 Å². The molecule has 0 aliphatic carbocycles. The fraction of sp³-hybridized carbons (Fsp3) is 0.533. The monoisotopic (exact) mass is 402 g/mol. The Morgan fingerprint density at radius 1 is 1.38 bits per heavy atom. The molecule has 116 valence electrons. The van der Waals surface area contributed by atoms with Gasteiger partial charge in [-0.2, -0.15) is 0 Å². The van der Waals surface area contributed by atoms with Crippen LogP contribution in [0.3, 0.4) is 0 Å². The van der Waals surface area contributed by atoms with Gasteiger partial charge in [0.2, 0.25) is 0 Å². The van der Waals surface area contributed by atoms with Crippen molar-refractivity contribution in [3.05, 3.63) is 17.2 Å². The molecular weight excluding hydrogens is 379 g/mol. The van der Waals surface area contributed by atoms with Crippen molar-refractivity contribution in [3.63, 3.8) is 0 Å². The van der Waals surface area contributed by atoms with E-state index in [9.17, 15) is 4.79 Å². The molecule has 0 N–H and O–H groups in total. The fourth-order valence-electron chi connectivity index (χ4n) is 2.62. The van der Waals surface area contributed by atoms with E-state index in [1.54, 1.807) is 14.2 Å². The van der Waals surface area contributed by atoms with Gasteiger partial charge in [-0.15, -0.1) is 0 Å². The number of ether oxygens (including phenoxy) is 4. The quantitative estimate of drug-likeness (QED) is 0.415. The van der Waals surface area contributed by atoms with Crippen LogP contribution in [0.15, 0.2) is 6.07 Å². The first-order valence-corrected chi connectivity index (χ1v) is 16.9. The predicted octanol–water partition coefficient (Wildman–Crippen LogP) is 1.99. The summed E-state index contributed by atoms with van der Waals surface area (Å²) in [5.74, 6) is 1.58. The molecule has 2 rings (SSSR count). The van der Waals surface area contributed by atoms with Gasteiger partial charge in [-0.3, -0.25) is 0 Å². The summed E-state index contributed by atoms with van der Waals surface area (Å²) in [6.07, 6.45) is 0.272. The second kappa shape index (κ2) is 6.54. The molecule has 1 atom stereocenters. The van der Waals surface area contributed by atoms with Crippen LogP contribution in [-0.2, 0) is 20.9 Å². The average Bonchev–Trinajstić information content (AvgIpc) is 2.85. The molecule has 0 radical (unpaired) electrons. The van der Waals surface area contributed by atoms with Crippen molar-refractivity contribution in [2.45, 2.75) is 27.5 Å². The summed E-state index contributed by atoms with van der Waals surface area (Å²) >= 11 is -2.51. The van der Waals surface area contributed by atoms with Crippen LogP contribution < -0.4 is 13.1 Å². The van der Waals surface area contributed by atoms with Gasteiger partial charge in [0.05, 0.1) is 0 Å². The van der Waals surface area contributed by atoms with E-state index < -0.39 is 24.5 Å². The summed E-state index contributed by atoms with van der Waals surface area (Å²) in [5.41, 5.74) is 1.79. The van der Waals surface area contributed by atoms with Crippen LogP contribution in [0.4, 0.5) is 0 Å². The third kappa shape index (κ3) is 3.19. The molecule has 0 saturated heterocycles. The van der Waals surface area contributed by atoms with Crippen molar-refractivity contribution < 1.29 is 23.7 Å². The Morgan fingerprint density at radius 2 is 2.10 bits per heavy atom. The topological polar surface area (TPSA) is 54.0 Å². The number of hydrogen-bond donors (Lipinski definition) is 0. The Bertz CT molecular complexity index is 536. The normalized spacial score (nSPS) is 17.5. The molecule has 0 amide bonds. The summed E-state index contributed by atoms with van der Waals surface area (Å²) in [4.78, 5) is 18.1. The number of fused-ring (bicyclic) bond motifs is 1. The van der Waals surface area contributed by atoms with Crippen molar-refractivity contribution in [1.82, 2.24) is 0 Å². The van der Waals surface area contributed by atoms with Crippen LogP contribution in [0.1, 0.15) is 17.2 Å². The second-order valence-corrected chi connectivity index (χ2v) is 20.3. The van der Waals surface area contributed by atoms with E-state index in [4.69, 9.17) is 18.9 Å². The molecule has 1 aromatic rings. The summed E-state index contributed by atoms with van der Waals surface area (Å²) in [6.45, 7) is 0.553. The summed E-state index contributed by atoms with van der Waals surface area (Å²) < 4.78 is 23.2. The Morgan fingerprint density at radius 3 is 2.62 bits per heavy atom.